The summed E-state index contributed by atoms with van der Waals surface area (Å²) in [7, 11) is -2.10. The molecule has 1 aliphatic heterocycles. The van der Waals surface area contributed by atoms with Crippen molar-refractivity contribution in [3.05, 3.63) is 23.5 Å². The molecule has 1 heterocycles. The van der Waals surface area contributed by atoms with Gasteiger partial charge in [-0.05, 0) is 37.5 Å². The zero-order valence-electron chi connectivity index (χ0n) is 11.6. The van der Waals surface area contributed by atoms with Gasteiger partial charge in [0.05, 0.1) is 16.7 Å². The number of hydrogen-bond acceptors (Lipinski definition) is 4. The molecule has 1 aliphatic rings. The fourth-order valence-corrected chi connectivity index (χ4v) is 4.15. The number of piperidine rings is 1. The van der Waals surface area contributed by atoms with E-state index in [1.807, 2.05) is 0 Å². The van der Waals surface area contributed by atoms with E-state index in [0.717, 1.165) is 18.9 Å². The monoisotopic (exact) mass is 302 g/mol. The van der Waals surface area contributed by atoms with E-state index < -0.39 is 15.8 Å². The predicted octanol–water partition coefficient (Wildman–Crippen LogP) is 1.52. The predicted molar refractivity (Wildman–Crippen MR) is 74.3 cm³/mol. The third-order valence-corrected chi connectivity index (χ3v) is 5.59. The lowest BCUT2D eigenvalue weighted by Gasteiger charge is -2.31. The van der Waals surface area contributed by atoms with Crippen molar-refractivity contribution in [3.63, 3.8) is 0 Å². The second kappa shape index (κ2) is 5.67. The van der Waals surface area contributed by atoms with Gasteiger partial charge in [-0.25, -0.2) is 12.8 Å². The number of sulfonamides is 1. The summed E-state index contributed by atoms with van der Waals surface area (Å²) >= 11 is 0. The van der Waals surface area contributed by atoms with Gasteiger partial charge < -0.3 is 10.5 Å². The minimum absolute atomic E-state index is 0.0631. The summed E-state index contributed by atoms with van der Waals surface area (Å²) in [4.78, 5) is 0.0631. The van der Waals surface area contributed by atoms with Crippen LogP contribution in [0, 0.1) is 12.7 Å². The van der Waals surface area contributed by atoms with Crippen LogP contribution < -0.4 is 5.73 Å². The van der Waals surface area contributed by atoms with Gasteiger partial charge in [0.2, 0.25) is 10.0 Å². The van der Waals surface area contributed by atoms with E-state index in [1.54, 1.807) is 14.0 Å². The van der Waals surface area contributed by atoms with Crippen LogP contribution in [0.15, 0.2) is 17.0 Å². The van der Waals surface area contributed by atoms with Crippen molar-refractivity contribution < 1.29 is 17.5 Å². The van der Waals surface area contributed by atoms with Crippen molar-refractivity contribution in [2.75, 3.05) is 25.9 Å². The minimum atomic E-state index is -3.67. The van der Waals surface area contributed by atoms with Gasteiger partial charge in [0.1, 0.15) is 5.82 Å². The minimum Gasteiger partial charge on any atom is -0.396 e. The van der Waals surface area contributed by atoms with Crippen molar-refractivity contribution in [2.24, 2.45) is 0 Å². The van der Waals surface area contributed by atoms with E-state index in [-0.39, 0.29) is 16.7 Å². The van der Waals surface area contributed by atoms with Crippen LogP contribution in [-0.4, -0.2) is 39.0 Å². The van der Waals surface area contributed by atoms with Gasteiger partial charge in [-0.1, -0.05) is 0 Å². The molecule has 1 saturated heterocycles. The Balaban J connectivity index is 2.37. The topological polar surface area (TPSA) is 72.6 Å². The first-order valence-corrected chi connectivity index (χ1v) is 7.89. The maximum atomic E-state index is 13.4. The molecule has 0 aliphatic carbocycles. The van der Waals surface area contributed by atoms with Crippen molar-refractivity contribution >= 4 is 15.7 Å². The smallest absolute Gasteiger partial charge is 0.243 e. The van der Waals surface area contributed by atoms with Gasteiger partial charge in [-0.3, -0.25) is 0 Å². The molecule has 20 heavy (non-hydrogen) atoms. The first-order chi connectivity index (χ1) is 9.36. The number of halogens is 1. The molecule has 0 spiro atoms. The Hall–Kier alpha value is -1.18. The number of hydrogen-bond donors (Lipinski definition) is 1. The van der Waals surface area contributed by atoms with Gasteiger partial charge >= 0.3 is 0 Å². The molecule has 1 atom stereocenters. The van der Waals surface area contributed by atoms with Crippen LogP contribution in [-0.2, 0) is 14.8 Å². The van der Waals surface area contributed by atoms with Gasteiger partial charge in [0.25, 0.3) is 0 Å². The van der Waals surface area contributed by atoms with Gasteiger partial charge in [-0.15, -0.1) is 0 Å². The highest BCUT2D eigenvalue weighted by atomic mass is 32.2. The third-order valence-electron chi connectivity index (χ3n) is 3.59. The van der Waals surface area contributed by atoms with Gasteiger partial charge in [0.15, 0.2) is 0 Å². The Bertz CT molecular complexity index is 604. The van der Waals surface area contributed by atoms with Crippen molar-refractivity contribution in [3.8, 4) is 0 Å². The average molecular weight is 302 g/mol. The summed E-state index contributed by atoms with van der Waals surface area (Å²) in [5.41, 5.74) is 5.69. The molecule has 5 nitrogen and oxygen atoms in total. The standard InChI is InChI=1S/C13H19FN2O3S/c1-9-6-11(14)12(15)7-13(9)20(17,18)16-5-3-4-10(8-16)19-2/h6-7,10H,3-5,8,15H2,1-2H3. The summed E-state index contributed by atoms with van der Waals surface area (Å²) in [6.07, 6.45) is 1.48. The van der Waals surface area contributed by atoms with Gasteiger partial charge in [-0.2, -0.15) is 4.31 Å². The zero-order chi connectivity index (χ0) is 14.9. The maximum Gasteiger partial charge on any atom is 0.243 e. The molecule has 0 bridgehead atoms. The highest BCUT2D eigenvalue weighted by Gasteiger charge is 2.31. The molecule has 7 heteroatoms. The number of methoxy groups -OCH3 is 1. The molecule has 1 aromatic rings. The highest BCUT2D eigenvalue weighted by Crippen LogP contribution is 2.27. The Morgan fingerprint density at radius 1 is 1.45 bits per heavy atom. The number of aryl methyl sites for hydroxylation is 1. The molecular weight excluding hydrogens is 283 g/mol. The number of ether oxygens (including phenoxy) is 1. The van der Waals surface area contributed by atoms with Crippen LogP contribution >= 0.6 is 0 Å². The molecule has 0 aromatic heterocycles. The van der Waals surface area contributed by atoms with Gasteiger partial charge in [0, 0.05) is 20.2 Å². The second-order valence-corrected chi connectivity index (χ2v) is 6.91. The third kappa shape index (κ3) is 2.79. The number of benzene rings is 1. The number of rotatable bonds is 3. The Morgan fingerprint density at radius 2 is 2.15 bits per heavy atom. The first-order valence-electron chi connectivity index (χ1n) is 6.45. The van der Waals surface area contributed by atoms with Crippen LogP contribution in [0.4, 0.5) is 10.1 Å². The molecule has 2 N–H and O–H groups in total. The molecule has 1 fully saturated rings. The first kappa shape index (κ1) is 15.2. The maximum absolute atomic E-state index is 13.4. The quantitative estimate of drug-likeness (QED) is 0.859. The summed E-state index contributed by atoms with van der Waals surface area (Å²) < 4.78 is 45.2. The fraction of sp³-hybridized carbons (Fsp3) is 0.538. The number of nitrogens with zero attached hydrogens (tertiary/aromatic N) is 1. The lowest BCUT2D eigenvalue weighted by Crippen LogP contribution is -2.43. The van der Waals surface area contributed by atoms with E-state index in [1.165, 1.54) is 10.4 Å². The number of nitrogen functional groups attached to an aromatic ring is 1. The fourth-order valence-electron chi connectivity index (χ4n) is 2.40. The Labute approximate surface area is 118 Å². The Kier molecular flexibility index (Phi) is 4.31. The van der Waals surface area contributed by atoms with Crippen LogP contribution in [0.2, 0.25) is 0 Å². The van der Waals surface area contributed by atoms with Crippen molar-refractivity contribution in [1.29, 1.82) is 0 Å². The summed E-state index contributed by atoms with van der Waals surface area (Å²) in [5.74, 6) is -0.602. The second-order valence-electron chi connectivity index (χ2n) is 5.00. The SMILES string of the molecule is COC1CCCN(S(=O)(=O)c2cc(N)c(F)cc2C)C1. The average Bonchev–Trinajstić information content (AvgIpc) is 2.42. The van der Waals surface area contributed by atoms with E-state index >= 15 is 0 Å². The van der Waals surface area contributed by atoms with E-state index in [4.69, 9.17) is 10.5 Å². The molecule has 2 rings (SSSR count). The molecule has 0 radical (unpaired) electrons. The van der Waals surface area contributed by atoms with E-state index in [0.29, 0.717) is 18.7 Å². The summed E-state index contributed by atoms with van der Waals surface area (Å²) in [6, 6.07) is 2.34. The normalized spacial score (nSPS) is 21.1. The van der Waals surface area contributed by atoms with E-state index in [9.17, 15) is 12.8 Å². The highest BCUT2D eigenvalue weighted by molar-refractivity contribution is 7.89. The van der Waals surface area contributed by atoms with Crippen molar-refractivity contribution in [1.82, 2.24) is 4.31 Å². The van der Waals surface area contributed by atoms with Crippen LogP contribution in [0.1, 0.15) is 18.4 Å². The van der Waals surface area contributed by atoms with Crippen LogP contribution in [0.25, 0.3) is 0 Å². The summed E-state index contributed by atoms with van der Waals surface area (Å²) in [6.45, 7) is 2.32. The zero-order valence-corrected chi connectivity index (χ0v) is 12.4. The largest absolute Gasteiger partial charge is 0.396 e. The van der Waals surface area contributed by atoms with E-state index in [2.05, 4.69) is 0 Å². The molecular formula is C13H19FN2O3S. The molecule has 0 saturated carbocycles. The number of nitrogens with two attached hydrogens (primary N) is 1. The lowest BCUT2D eigenvalue weighted by molar-refractivity contribution is 0.0572. The molecule has 0 amide bonds. The number of anilines is 1. The lowest BCUT2D eigenvalue weighted by atomic mass is 10.1. The molecule has 112 valence electrons. The van der Waals surface area contributed by atoms with Crippen LogP contribution in [0.5, 0.6) is 0 Å². The van der Waals surface area contributed by atoms with Crippen LogP contribution in [0.3, 0.4) is 0 Å². The molecule has 1 aromatic carbocycles. The molecule has 1 unspecified atom stereocenters. The van der Waals surface area contributed by atoms with Crippen molar-refractivity contribution in [2.45, 2.75) is 30.8 Å². The Morgan fingerprint density at radius 3 is 2.80 bits per heavy atom. The summed E-state index contributed by atoms with van der Waals surface area (Å²) in [5, 5.41) is 0.